The summed E-state index contributed by atoms with van der Waals surface area (Å²) in [7, 11) is 0. The Balaban J connectivity index is 2.42. The van der Waals surface area contributed by atoms with Crippen molar-refractivity contribution in [2.75, 3.05) is 0 Å². The van der Waals surface area contributed by atoms with E-state index >= 15 is 0 Å². The number of rotatable bonds is 1. The van der Waals surface area contributed by atoms with Crippen molar-refractivity contribution in [2.24, 2.45) is 0 Å². The molecule has 1 aliphatic carbocycles. The van der Waals surface area contributed by atoms with Crippen LogP contribution in [0.15, 0.2) is 12.3 Å². The predicted octanol–water partition coefficient (Wildman–Crippen LogP) is 2.58. The van der Waals surface area contributed by atoms with E-state index < -0.39 is 0 Å². The Morgan fingerprint density at radius 3 is 2.73 bits per heavy atom. The van der Waals surface area contributed by atoms with Gasteiger partial charge < -0.3 is 0 Å². The monoisotopic (exact) mass is 147 g/mol. The van der Waals surface area contributed by atoms with Gasteiger partial charge in [0.2, 0.25) is 0 Å². The Bertz CT molecular complexity index is 274. The van der Waals surface area contributed by atoms with Crippen molar-refractivity contribution in [3.8, 4) is 0 Å². The van der Waals surface area contributed by atoms with Crippen LogP contribution < -0.4 is 0 Å². The van der Waals surface area contributed by atoms with Gasteiger partial charge in [0.05, 0.1) is 0 Å². The van der Waals surface area contributed by atoms with Gasteiger partial charge in [0, 0.05) is 11.9 Å². The molecule has 0 aromatic carbocycles. The minimum atomic E-state index is 0.836. The normalized spacial score (nSPS) is 16.9. The lowest BCUT2D eigenvalue weighted by Crippen LogP contribution is -1.90. The van der Waals surface area contributed by atoms with Crippen molar-refractivity contribution in [1.82, 2.24) is 4.98 Å². The molecule has 0 bridgehead atoms. The summed E-state index contributed by atoms with van der Waals surface area (Å²) in [5.74, 6) is 0.836. The Morgan fingerprint density at radius 1 is 1.36 bits per heavy atom. The summed E-state index contributed by atoms with van der Waals surface area (Å²) in [6.07, 6.45) is 4.68. The first-order valence-corrected chi connectivity index (χ1v) is 4.20. The molecular formula is C10H13N. The van der Waals surface area contributed by atoms with E-state index in [1.54, 1.807) is 0 Å². The van der Waals surface area contributed by atoms with Crippen molar-refractivity contribution >= 4 is 0 Å². The Kier molecular flexibility index (Phi) is 1.45. The Hall–Kier alpha value is -0.850. The van der Waals surface area contributed by atoms with Crippen LogP contribution in [0.3, 0.4) is 0 Å². The number of nitrogens with zero attached hydrogens (tertiary/aromatic N) is 1. The van der Waals surface area contributed by atoms with E-state index in [0.29, 0.717) is 0 Å². The molecule has 58 valence electrons. The molecule has 2 rings (SSSR count). The van der Waals surface area contributed by atoms with Crippen LogP contribution >= 0.6 is 0 Å². The first kappa shape index (κ1) is 6.84. The molecule has 0 saturated heterocycles. The van der Waals surface area contributed by atoms with E-state index in [1.165, 1.54) is 29.7 Å². The Labute approximate surface area is 67.5 Å². The molecule has 1 heterocycles. The zero-order valence-electron chi connectivity index (χ0n) is 7.09. The van der Waals surface area contributed by atoms with Crippen LogP contribution in [0.2, 0.25) is 0 Å². The summed E-state index contributed by atoms with van der Waals surface area (Å²) in [5, 5.41) is 0. The first-order chi connectivity index (χ1) is 5.27. The van der Waals surface area contributed by atoms with Gasteiger partial charge in [-0.2, -0.15) is 0 Å². The van der Waals surface area contributed by atoms with Crippen LogP contribution in [0.4, 0.5) is 0 Å². The fourth-order valence-corrected chi connectivity index (χ4v) is 1.47. The number of hydrogen-bond donors (Lipinski definition) is 0. The molecular weight excluding hydrogens is 134 g/mol. The maximum atomic E-state index is 4.34. The fourth-order valence-electron chi connectivity index (χ4n) is 1.47. The van der Waals surface area contributed by atoms with E-state index in [9.17, 15) is 0 Å². The van der Waals surface area contributed by atoms with Gasteiger partial charge in [-0.1, -0.05) is 6.07 Å². The van der Waals surface area contributed by atoms with Gasteiger partial charge in [-0.25, -0.2) is 0 Å². The third-order valence-electron chi connectivity index (χ3n) is 2.28. The summed E-state index contributed by atoms with van der Waals surface area (Å²) >= 11 is 0. The lowest BCUT2D eigenvalue weighted by molar-refractivity contribution is 1.02. The van der Waals surface area contributed by atoms with Gasteiger partial charge in [0.25, 0.3) is 0 Å². The molecule has 1 fully saturated rings. The molecule has 1 aliphatic rings. The third kappa shape index (κ3) is 1.28. The maximum Gasteiger partial charge on any atom is 0.0407 e. The minimum absolute atomic E-state index is 0.836. The molecule has 0 spiro atoms. The Morgan fingerprint density at radius 2 is 2.09 bits per heavy atom. The van der Waals surface area contributed by atoms with Gasteiger partial charge in [0.1, 0.15) is 0 Å². The van der Waals surface area contributed by atoms with E-state index in [1.807, 2.05) is 6.20 Å². The molecule has 11 heavy (non-hydrogen) atoms. The highest BCUT2D eigenvalue weighted by molar-refractivity contribution is 5.30. The maximum absolute atomic E-state index is 4.34. The molecule has 0 unspecified atom stereocenters. The SMILES string of the molecule is Cc1cnc(C)c(C2CC2)c1. The quantitative estimate of drug-likeness (QED) is 0.595. The summed E-state index contributed by atoms with van der Waals surface area (Å²) in [6.45, 7) is 4.21. The second-order valence-electron chi connectivity index (χ2n) is 3.46. The van der Waals surface area contributed by atoms with Gasteiger partial charge in [-0.3, -0.25) is 4.98 Å². The summed E-state index contributed by atoms with van der Waals surface area (Å²) in [6, 6.07) is 2.28. The number of aryl methyl sites for hydroxylation is 2. The summed E-state index contributed by atoms with van der Waals surface area (Å²) in [5.41, 5.74) is 3.99. The molecule has 1 saturated carbocycles. The molecule has 0 atom stereocenters. The highest BCUT2D eigenvalue weighted by Crippen LogP contribution is 2.41. The molecule has 0 N–H and O–H groups in total. The number of hydrogen-bond acceptors (Lipinski definition) is 1. The number of aromatic nitrogens is 1. The van der Waals surface area contributed by atoms with E-state index in [2.05, 4.69) is 24.9 Å². The van der Waals surface area contributed by atoms with E-state index in [-0.39, 0.29) is 0 Å². The molecule has 1 aromatic rings. The van der Waals surface area contributed by atoms with Crippen molar-refractivity contribution in [1.29, 1.82) is 0 Å². The molecule has 1 heteroatoms. The lowest BCUT2D eigenvalue weighted by atomic mass is 10.1. The average molecular weight is 147 g/mol. The summed E-state index contributed by atoms with van der Waals surface area (Å²) in [4.78, 5) is 4.34. The van der Waals surface area contributed by atoms with Gasteiger partial charge in [0.15, 0.2) is 0 Å². The zero-order chi connectivity index (χ0) is 7.84. The smallest absolute Gasteiger partial charge is 0.0407 e. The van der Waals surface area contributed by atoms with Crippen LogP contribution in [0.1, 0.15) is 35.6 Å². The van der Waals surface area contributed by atoms with Crippen molar-refractivity contribution in [2.45, 2.75) is 32.6 Å². The largest absolute Gasteiger partial charge is 0.261 e. The average Bonchev–Trinajstić information content (AvgIpc) is 2.76. The van der Waals surface area contributed by atoms with Crippen molar-refractivity contribution in [3.05, 3.63) is 29.1 Å². The van der Waals surface area contributed by atoms with Gasteiger partial charge in [-0.15, -0.1) is 0 Å². The lowest BCUT2D eigenvalue weighted by Gasteiger charge is -2.02. The van der Waals surface area contributed by atoms with Crippen LogP contribution in [0.25, 0.3) is 0 Å². The van der Waals surface area contributed by atoms with Crippen molar-refractivity contribution < 1.29 is 0 Å². The molecule has 1 aromatic heterocycles. The molecule has 0 aliphatic heterocycles. The standard InChI is InChI=1S/C10H13N/c1-7-5-10(9-3-4-9)8(2)11-6-7/h5-6,9H,3-4H2,1-2H3. The summed E-state index contributed by atoms with van der Waals surface area (Å²) < 4.78 is 0. The van der Waals surface area contributed by atoms with Gasteiger partial charge in [-0.05, 0) is 43.7 Å². The topological polar surface area (TPSA) is 12.9 Å². The zero-order valence-corrected chi connectivity index (χ0v) is 7.09. The minimum Gasteiger partial charge on any atom is -0.261 e. The highest BCUT2D eigenvalue weighted by atomic mass is 14.7. The van der Waals surface area contributed by atoms with E-state index in [4.69, 9.17) is 0 Å². The first-order valence-electron chi connectivity index (χ1n) is 4.20. The third-order valence-corrected chi connectivity index (χ3v) is 2.28. The predicted molar refractivity (Wildman–Crippen MR) is 45.7 cm³/mol. The molecule has 0 amide bonds. The second-order valence-corrected chi connectivity index (χ2v) is 3.46. The van der Waals surface area contributed by atoms with Gasteiger partial charge >= 0.3 is 0 Å². The fraction of sp³-hybridized carbons (Fsp3) is 0.500. The van der Waals surface area contributed by atoms with Crippen molar-refractivity contribution in [3.63, 3.8) is 0 Å². The van der Waals surface area contributed by atoms with E-state index in [0.717, 1.165) is 5.92 Å². The van der Waals surface area contributed by atoms with Crippen LogP contribution in [0.5, 0.6) is 0 Å². The van der Waals surface area contributed by atoms with Crippen LogP contribution in [-0.2, 0) is 0 Å². The number of pyridine rings is 1. The molecule has 0 radical (unpaired) electrons. The van der Waals surface area contributed by atoms with Crippen LogP contribution in [0, 0.1) is 13.8 Å². The second kappa shape index (κ2) is 2.33. The van der Waals surface area contributed by atoms with Crippen LogP contribution in [-0.4, -0.2) is 4.98 Å². The highest BCUT2D eigenvalue weighted by Gasteiger charge is 2.25. The molecule has 1 nitrogen and oxygen atoms in total.